The summed E-state index contributed by atoms with van der Waals surface area (Å²) in [4.78, 5) is 16.9. The van der Waals surface area contributed by atoms with Crippen molar-refractivity contribution < 1.29 is 9.53 Å². The van der Waals surface area contributed by atoms with Crippen molar-refractivity contribution in [3.8, 4) is 0 Å². The molecule has 0 aliphatic carbocycles. The molecule has 1 atom stereocenters. The number of likely N-dealkylation sites (tertiary alicyclic amines) is 2. The Labute approximate surface area is 151 Å². The Bertz CT molecular complexity index is 529. The van der Waals surface area contributed by atoms with E-state index in [0.29, 0.717) is 12.0 Å². The number of amides is 2. The summed E-state index contributed by atoms with van der Waals surface area (Å²) in [7, 11) is 1.73. The van der Waals surface area contributed by atoms with Crippen molar-refractivity contribution >= 4 is 6.03 Å². The molecule has 0 spiro atoms. The third-order valence-corrected chi connectivity index (χ3v) is 5.45. The summed E-state index contributed by atoms with van der Waals surface area (Å²) in [5.74, 6) is 0.496. The fourth-order valence-electron chi connectivity index (χ4n) is 3.89. The zero-order valence-electron chi connectivity index (χ0n) is 15.3. The highest BCUT2D eigenvalue weighted by Gasteiger charge is 2.28. The molecular weight excluding hydrogens is 314 g/mol. The maximum atomic E-state index is 12.4. The minimum absolute atomic E-state index is 0.112. The SMILES string of the molecule is COCC1CCN(C(=O)NC2CCN(CCc3ccccc3)CC2)C1. The number of hydrogen-bond acceptors (Lipinski definition) is 3. The summed E-state index contributed by atoms with van der Waals surface area (Å²) in [6.45, 7) is 5.69. The molecule has 1 aromatic rings. The van der Waals surface area contributed by atoms with E-state index in [9.17, 15) is 4.79 Å². The summed E-state index contributed by atoms with van der Waals surface area (Å²) in [6.07, 6.45) is 4.26. The number of hydrogen-bond donors (Lipinski definition) is 1. The second kappa shape index (κ2) is 9.20. The first-order valence-corrected chi connectivity index (χ1v) is 9.55. The zero-order valence-corrected chi connectivity index (χ0v) is 15.3. The minimum atomic E-state index is 0.112. The van der Waals surface area contributed by atoms with Gasteiger partial charge in [0.25, 0.3) is 0 Å². The van der Waals surface area contributed by atoms with Crippen LogP contribution in [0.3, 0.4) is 0 Å². The molecule has 2 heterocycles. The maximum absolute atomic E-state index is 12.4. The normalized spacial score (nSPS) is 22.3. The molecule has 2 aliphatic heterocycles. The number of nitrogens with one attached hydrogen (secondary N) is 1. The molecule has 0 radical (unpaired) electrons. The fraction of sp³-hybridized carbons (Fsp3) is 0.650. The van der Waals surface area contributed by atoms with Crippen molar-refractivity contribution in [3.05, 3.63) is 35.9 Å². The molecule has 2 fully saturated rings. The lowest BCUT2D eigenvalue weighted by Crippen LogP contribution is -2.49. The molecule has 3 rings (SSSR count). The number of urea groups is 1. The second-order valence-electron chi connectivity index (χ2n) is 7.36. The Morgan fingerprint density at radius 1 is 1.16 bits per heavy atom. The summed E-state index contributed by atoms with van der Waals surface area (Å²) < 4.78 is 5.21. The van der Waals surface area contributed by atoms with E-state index in [4.69, 9.17) is 4.74 Å². The van der Waals surface area contributed by atoms with Gasteiger partial charge in [0.05, 0.1) is 6.61 Å². The van der Waals surface area contributed by atoms with Gasteiger partial charge in [0, 0.05) is 51.8 Å². The standard InChI is InChI=1S/C20H31N3O2/c1-25-16-18-8-14-23(15-18)20(24)21-19-9-12-22(13-10-19)11-7-17-5-3-2-4-6-17/h2-6,18-19H,7-16H2,1H3,(H,21,24). The number of rotatable bonds is 6. The molecule has 2 amide bonds. The quantitative estimate of drug-likeness (QED) is 0.861. The van der Waals surface area contributed by atoms with Gasteiger partial charge in [-0.1, -0.05) is 30.3 Å². The van der Waals surface area contributed by atoms with Crippen LogP contribution in [0.5, 0.6) is 0 Å². The Morgan fingerprint density at radius 2 is 1.92 bits per heavy atom. The first-order valence-electron chi connectivity index (χ1n) is 9.55. The Hall–Kier alpha value is -1.59. The first kappa shape index (κ1) is 18.2. The zero-order chi connectivity index (χ0) is 17.5. The van der Waals surface area contributed by atoms with Crippen LogP contribution < -0.4 is 5.32 Å². The van der Waals surface area contributed by atoms with E-state index in [1.54, 1.807) is 7.11 Å². The molecule has 0 aromatic heterocycles. The first-order chi connectivity index (χ1) is 12.2. The Kier molecular flexibility index (Phi) is 6.70. The molecule has 2 aliphatic rings. The number of carbonyl (C=O) groups is 1. The van der Waals surface area contributed by atoms with Crippen LogP contribution in [0.1, 0.15) is 24.8 Å². The average Bonchev–Trinajstić information content (AvgIpc) is 3.11. The van der Waals surface area contributed by atoms with Crippen LogP contribution in [0.2, 0.25) is 0 Å². The van der Waals surface area contributed by atoms with Crippen molar-refractivity contribution in [3.63, 3.8) is 0 Å². The van der Waals surface area contributed by atoms with Crippen molar-refractivity contribution in [1.82, 2.24) is 15.1 Å². The average molecular weight is 345 g/mol. The molecule has 2 saturated heterocycles. The molecule has 138 valence electrons. The van der Waals surface area contributed by atoms with Crippen LogP contribution >= 0.6 is 0 Å². The van der Waals surface area contributed by atoms with Gasteiger partial charge in [-0.15, -0.1) is 0 Å². The fourth-order valence-corrected chi connectivity index (χ4v) is 3.89. The predicted octanol–water partition coefficient (Wildman–Crippen LogP) is 2.37. The summed E-state index contributed by atoms with van der Waals surface area (Å²) in [5.41, 5.74) is 1.40. The van der Waals surface area contributed by atoms with Crippen molar-refractivity contribution in [2.45, 2.75) is 31.7 Å². The van der Waals surface area contributed by atoms with Crippen LogP contribution in [0.4, 0.5) is 4.79 Å². The van der Waals surface area contributed by atoms with Crippen LogP contribution in [-0.4, -0.2) is 68.3 Å². The monoisotopic (exact) mass is 345 g/mol. The number of benzene rings is 1. The van der Waals surface area contributed by atoms with E-state index in [1.165, 1.54) is 5.56 Å². The molecular formula is C20H31N3O2. The summed E-state index contributed by atoms with van der Waals surface area (Å²) in [5, 5.41) is 3.24. The third-order valence-electron chi connectivity index (χ3n) is 5.45. The Morgan fingerprint density at radius 3 is 2.64 bits per heavy atom. The van der Waals surface area contributed by atoms with Gasteiger partial charge in [0.15, 0.2) is 0 Å². The molecule has 1 unspecified atom stereocenters. The van der Waals surface area contributed by atoms with Crippen LogP contribution in [-0.2, 0) is 11.2 Å². The second-order valence-corrected chi connectivity index (χ2v) is 7.36. The molecule has 1 aromatic carbocycles. The van der Waals surface area contributed by atoms with Gasteiger partial charge in [0.1, 0.15) is 0 Å². The predicted molar refractivity (Wildman–Crippen MR) is 99.7 cm³/mol. The molecule has 5 heteroatoms. The molecule has 25 heavy (non-hydrogen) atoms. The largest absolute Gasteiger partial charge is 0.384 e. The number of ether oxygens (including phenoxy) is 1. The highest BCUT2D eigenvalue weighted by Crippen LogP contribution is 2.17. The Balaban J connectivity index is 1.34. The number of piperidine rings is 1. The van der Waals surface area contributed by atoms with E-state index in [2.05, 4.69) is 40.5 Å². The molecule has 5 nitrogen and oxygen atoms in total. The van der Waals surface area contributed by atoms with E-state index in [0.717, 1.165) is 65.0 Å². The minimum Gasteiger partial charge on any atom is -0.384 e. The number of nitrogens with zero attached hydrogens (tertiary/aromatic N) is 2. The van der Waals surface area contributed by atoms with Crippen LogP contribution in [0.15, 0.2) is 30.3 Å². The van der Waals surface area contributed by atoms with E-state index in [-0.39, 0.29) is 6.03 Å². The van der Waals surface area contributed by atoms with Crippen LogP contribution in [0, 0.1) is 5.92 Å². The van der Waals surface area contributed by atoms with E-state index in [1.807, 2.05) is 4.90 Å². The van der Waals surface area contributed by atoms with Gasteiger partial charge >= 0.3 is 6.03 Å². The smallest absolute Gasteiger partial charge is 0.317 e. The van der Waals surface area contributed by atoms with Gasteiger partial charge < -0.3 is 19.9 Å². The van der Waals surface area contributed by atoms with Gasteiger partial charge in [-0.3, -0.25) is 0 Å². The lowest BCUT2D eigenvalue weighted by molar-refractivity contribution is 0.151. The van der Waals surface area contributed by atoms with E-state index >= 15 is 0 Å². The lowest BCUT2D eigenvalue weighted by atomic mass is 10.0. The number of methoxy groups -OCH3 is 1. The third kappa shape index (κ3) is 5.44. The molecule has 0 bridgehead atoms. The van der Waals surface area contributed by atoms with Gasteiger partial charge in [-0.05, 0) is 31.2 Å². The van der Waals surface area contributed by atoms with Gasteiger partial charge in [0.2, 0.25) is 0 Å². The highest BCUT2D eigenvalue weighted by molar-refractivity contribution is 5.74. The number of carbonyl (C=O) groups excluding carboxylic acids is 1. The lowest BCUT2D eigenvalue weighted by Gasteiger charge is -2.33. The van der Waals surface area contributed by atoms with Crippen molar-refractivity contribution in [2.75, 3.05) is 46.4 Å². The molecule has 1 N–H and O–H groups in total. The van der Waals surface area contributed by atoms with Crippen LogP contribution in [0.25, 0.3) is 0 Å². The topological polar surface area (TPSA) is 44.8 Å². The molecule has 0 saturated carbocycles. The van der Waals surface area contributed by atoms with Gasteiger partial charge in [-0.25, -0.2) is 4.79 Å². The van der Waals surface area contributed by atoms with E-state index < -0.39 is 0 Å². The van der Waals surface area contributed by atoms with Gasteiger partial charge in [-0.2, -0.15) is 0 Å². The maximum Gasteiger partial charge on any atom is 0.317 e. The van der Waals surface area contributed by atoms with Crippen molar-refractivity contribution in [2.24, 2.45) is 5.92 Å². The van der Waals surface area contributed by atoms with Crippen molar-refractivity contribution in [1.29, 1.82) is 0 Å². The summed E-state index contributed by atoms with van der Waals surface area (Å²) >= 11 is 0. The highest BCUT2D eigenvalue weighted by atomic mass is 16.5. The summed E-state index contributed by atoms with van der Waals surface area (Å²) in [6, 6.07) is 11.1.